The first-order valence-electron chi connectivity index (χ1n) is 12.0. The second-order valence-corrected chi connectivity index (χ2v) is 10.7. The Balaban J connectivity index is 1.37. The minimum Gasteiger partial charge on any atom is -0.480 e. The Morgan fingerprint density at radius 2 is 1.90 bits per heavy atom. The molecule has 0 atom stereocenters. The Morgan fingerprint density at radius 3 is 2.69 bits per heavy atom. The molecular weight excluding hydrogens is 533 g/mol. The van der Waals surface area contributed by atoms with E-state index in [1.807, 2.05) is 4.72 Å². The molecule has 5 aromatic rings. The Morgan fingerprint density at radius 1 is 1.08 bits per heavy atom. The number of H-pyrrole nitrogens is 1. The van der Waals surface area contributed by atoms with Crippen LogP contribution in [0.25, 0.3) is 28.2 Å². The summed E-state index contributed by atoms with van der Waals surface area (Å²) >= 11 is 0. The van der Waals surface area contributed by atoms with Gasteiger partial charge in [-0.3, -0.25) is 4.72 Å². The highest BCUT2D eigenvalue weighted by Crippen LogP contribution is 2.34. The van der Waals surface area contributed by atoms with Gasteiger partial charge in [0.2, 0.25) is 5.88 Å². The van der Waals surface area contributed by atoms with Gasteiger partial charge in [0.15, 0.2) is 16.5 Å². The summed E-state index contributed by atoms with van der Waals surface area (Å²) in [6, 6.07) is 5.75. The van der Waals surface area contributed by atoms with Crippen molar-refractivity contribution >= 4 is 21.2 Å². The third-order valence-corrected chi connectivity index (χ3v) is 7.96. The SMILES string of the molecule is COc1ncc(F)cc1S(=O)(=O)Nc1ccc(F)c(-c2ccc3c(-c4nc5c([nH]4)CCCC5)ncn3c2)c1F. The Bertz CT molecular complexity index is 1830. The summed E-state index contributed by atoms with van der Waals surface area (Å²) in [5.41, 5.74) is 2.57. The molecule has 6 rings (SSSR count). The monoisotopic (exact) mass is 554 g/mol. The van der Waals surface area contributed by atoms with Gasteiger partial charge in [-0.05, 0) is 43.9 Å². The lowest BCUT2D eigenvalue weighted by atomic mass is 10.0. The quantitative estimate of drug-likeness (QED) is 0.309. The van der Waals surface area contributed by atoms with Gasteiger partial charge in [-0.2, -0.15) is 0 Å². The molecule has 0 spiro atoms. The number of anilines is 1. The molecule has 200 valence electrons. The average Bonchev–Trinajstić information content (AvgIpc) is 3.54. The van der Waals surface area contributed by atoms with E-state index in [1.54, 1.807) is 10.5 Å². The van der Waals surface area contributed by atoms with E-state index in [9.17, 15) is 17.2 Å². The fourth-order valence-corrected chi connectivity index (χ4v) is 5.94. The number of benzene rings is 1. The van der Waals surface area contributed by atoms with Crippen LogP contribution in [-0.2, 0) is 22.9 Å². The molecule has 0 bridgehead atoms. The van der Waals surface area contributed by atoms with Crippen LogP contribution in [0.2, 0.25) is 0 Å². The van der Waals surface area contributed by atoms with E-state index in [-0.39, 0.29) is 11.4 Å². The molecule has 0 amide bonds. The fourth-order valence-electron chi connectivity index (χ4n) is 4.75. The topological polar surface area (TPSA) is 114 Å². The molecule has 0 saturated carbocycles. The maximum Gasteiger partial charge on any atom is 0.267 e. The van der Waals surface area contributed by atoms with Gasteiger partial charge in [0.25, 0.3) is 10.0 Å². The van der Waals surface area contributed by atoms with Gasteiger partial charge in [0.05, 0.1) is 35.8 Å². The Hall–Kier alpha value is -4.39. The summed E-state index contributed by atoms with van der Waals surface area (Å²) in [4.78, 5) is 15.4. The number of imidazole rings is 2. The van der Waals surface area contributed by atoms with Crippen LogP contribution >= 0.6 is 0 Å². The van der Waals surface area contributed by atoms with E-state index in [2.05, 4.69) is 19.9 Å². The Kier molecular flexibility index (Phi) is 6.02. The first-order chi connectivity index (χ1) is 18.7. The van der Waals surface area contributed by atoms with Crippen molar-refractivity contribution in [3.05, 3.63) is 77.9 Å². The molecule has 0 saturated heterocycles. The number of ether oxygens (including phenoxy) is 1. The number of methoxy groups -OCH3 is 1. The smallest absolute Gasteiger partial charge is 0.267 e. The number of fused-ring (bicyclic) bond motifs is 2. The number of nitrogens with zero attached hydrogens (tertiary/aromatic N) is 4. The van der Waals surface area contributed by atoms with Gasteiger partial charge in [-0.1, -0.05) is 6.07 Å². The van der Waals surface area contributed by atoms with Crippen LogP contribution < -0.4 is 9.46 Å². The van der Waals surface area contributed by atoms with Crippen molar-refractivity contribution in [1.29, 1.82) is 0 Å². The predicted molar refractivity (Wildman–Crippen MR) is 136 cm³/mol. The van der Waals surface area contributed by atoms with E-state index in [0.717, 1.165) is 62.5 Å². The first kappa shape index (κ1) is 24.9. The lowest BCUT2D eigenvalue weighted by Crippen LogP contribution is -2.16. The van der Waals surface area contributed by atoms with Crippen LogP contribution in [0, 0.1) is 17.5 Å². The number of rotatable bonds is 6. The van der Waals surface area contributed by atoms with Crippen molar-refractivity contribution in [2.75, 3.05) is 11.8 Å². The standard InChI is InChI=1S/C26H21F3N6O3S/c1-38-26-21(10-15(27)11-30-26)39(36,37)34-19-8-7-16(28)22(23(19)29)14-6-9-20-24(31-13-35(20)12-14)25-32-17-4-2-3-5-18(17)33-25/h6-13,34H,2-5H2,1H3,(H,32,33). The van der Waals surface area contributed by atoms with Gasteiger partial charge in [0.1, 0.15) is 23.7 Å². The molecule has 0 radical (unpaired) electrons. The third kappa shape index (κ3) is 4.38. The largest absolute Gasteiger partial charge is 0.480 e. The number of halogens is 3. The lowest BCUT2D eigenvalue weighted by Gasteiger charge is -2.14. The molecule has 1 aromatic carbocycles. The van der Waals surface area contributed by atoms with Gasteiger partial charge < -0.3 is 14.1 Å². The molecule has 1 aliphatic rings. The number of nitrogens with one attached hydrogen (secondary N) is 2. The number of sulfonamides is 1. The number of hydrogen-bond acceptors (Lipinski definition) is 6. The first-order valence-corrected chi connectivity index (χ1v) is 13.5. The van der Waals surface area contributed by atoms with Crippen molar-refractivity contribution in [2.24, 2.45) is 0 Å². The lowest BCUT2D eigenvalue weighted by molar-refractivity contribution is 0.382. The number of pyridine rings is 2. The molecule has 4 aromatic heterocycles. The number of aryl methyl sites for hydroxylation is 2. The molecule has 1 aliphatic carbocycles. The van der Waals surface area contributed by atoms with Crippen LogP contribution in [0.5, 0.6) is 5.88 Å². The van der Waals surface area contributed by atoms with Crippen molar-refractivity contribution in [2.45, 2.75) is 30.6 Å². The fraction of sp³-hybridized carbons (Fsp3) is 0.192. The zero-order valence-electron chi connectivity index (χ0n) is 20.5. The number of aromatic amines is 1. The van der Waals surface area contributed by atoms with Gasteiger partial charge in [-0.25, -0.2) is 36.5 Å². The molecule has 4 heterocycles. The van der Waals surface area contributed by atoms with Crippen LogP contribution in [0.4, 0.5) is 18.9 Å². The van der Waals surface area contributed by atoms with Gasteiger partial charge in [0, 0.05) is 23.5 Å². The zero-order valence-corrected chi connectivity index (χ0v) is 21.3. The minimum absolute atomic E-state index is 0.145. The highest BCUT2D eigenvalue weighted by Gasteiger charge is 2.26. The molecule has 9 nitrogen and oxygen atoms in total. The number of aromatic nitrogens is 5. The number of hydrogen-bond donors (Lipinski definition) is 2. The third-order valence-electron chi connectivity index (χ3n) is 6.60. The maximum absolute atomic E-state index is 15.6. The predicted octanol–water partition coefficient (Wildman–Crippen LogP) is 4.89. The van der Waals surface area contributed by atoms with Crippen molar-refractivity contribution in [1.82, 2.24) is 24.3 Å². The van der Waals surface area contributed by atoms with E-state index in [0.29, 0.717) is 23.1 Å². The normalized spacial score (nSPS) is 13.4. The van der Waals surface area contributed by atoms with E-state index in [1.165, 1.54) is 18.6 Å². The second kappa shape index (κ2) is 9.42. The molecular formula is C26H21F3N6O3S. The van der Waals surface area contributed by atoms with Gasteiger partial charge >= 0.3 is 0 Å². The molecule has 39 heavy (non-hydrogen) atoms. The summed E-state index contributed by atoms with van der Waals surface area (Å²) in [5, 5.41) is 0. The van der Waals surface area contributed by atoms with Crippen LogP contribution in [0.3, 0.4) is 0 Å². The van der Waals surface area contributed by atoms with E-state index < -0.39 is 43.6 Å². The van der Waals surface area contributed by atoms with Crippen molar-refractivity contribution in [3.63, 3.8) is 0 Å². The zero-order chi connectivity index (χ0) is 27.3. The van der Waals surface area contributed by atoms with E-state index >= 15 is 4.39 Å². The van der Waals surface area contributed by atoms with Crippen LogP contribution in [0.1, 0.15) is 24.2 Å². The highest BCUT2D eigenvalue weighted by molar-refractivity contribution is 7.92. The molecule has 13 heteroatoms. The van der Waals surface area contributed by atoms with E-state index in [4.69, 9.17) is 4.74 Å². The molecule has 0 fully saturated rings. The van der Waals surface area contributed by atoms with Crippen molar-refractivity contribution < 1.29 is 26.3 Å². The molecule has 2 N–H and O–H groups in total. The summed E-state index contributed by atoms with van der Waals surface area (Å²) < 4.78 is 78.6. The van der Waals surface area contributed by atoms with Crippen molar-refractivity contribution in [3.8, 4) is 28.5 Å². The maximum atomic E-state index is 15.6. The highest BCUT2D eigenvalue weighted by atomic mass is 32.2. The summed E-state index contributed by atoms with van der Waals surface area (Å²) in [7, 11) is -3.38. The molecule has 0 aliphatic heterocycles. The minimum atomic E-state index is -4.54. The van der Waals surface area contributed by atoms with Gasteiger partial charge in [-0.15, -0.1) is 0 Å². The Labute approximate surface area is 220 Å². The van der Waals surface area contributed by atoms with Crippen LogP contribution in [0.15, 0.2) is 53.9 Å². The average molecular weight is 555 g/mol. The summed E-state index contributed by atoms with van der Waals surface area (Å²) in [5.74, 6) is -2.74. The second-order valence-electron chi connectivity index (χ2n) is 9.07. The van der Waals surface area contributed by atoms with Crippen LogP contribution in [-0.4, -0.2) is 39.9 Å². The summed E-state index contributed by atoms with van der Waals surface area (Å²) in [6.07, 6.45) is 7.81. The summed E-state index contributed by atoms with van der Waals surface area (Å²) in [6.45, 7) is 0. The molecule has 0 unspecified atom stereocenters.